The number of hydrogen-bond donors (Lipinski definition) is 2. The molecular weight excluding hydrogens is 422 g/mol. The number of para-hydroxylation sites is 1. The van der Waals surface area contributed by atoms with E-state index in [2.05, 4.69) is 15.6 Å². The Morgan fingerprint density at radius 3 is 2.39 bits per heavy atom. The van der Waals surface area contributed by atoms with E-state index in [1.807, 2.05) is 0 Å². The van der Waals surface area contributed by atoms with Gasteiger partial charge in [0.25, 0.3) is 11.8 Å². The van der Waals surface area contributed by atoms with Crippen LogP contribution in [0.15, 0.2) is 60.8 Å². The summed E-state index contributed by atoms with van der Waals surface area (Å²) in [6.45, 7) is -0.294. The first kappa shape index (κ1) is 21.9. The maximum absolute atomic E-state index is 12.6. The summed E-state index contributed by atoms with van der Waals surface area (Å²) in [6.07, 6.45) is 1.48. The summed E-state index contributed by atoms with van der Waals surface area (Å²) in [5.41, 5.74) is 1.27. The Morgan fingerprint density at radius 1 is 0.935 bits per heavy atom. The first-order valence-electron chi connectivity index (χ1n) is 9.16. The molecule has 3 rings (SSSR count). The number of aromatic nitrogens is 1. The molecule has 160 valence electrons. The molecule has 0 aliphatic carbocycles. The highest BCUT2D eigenvalue weighted by molar-refractivity contribution is 6.32. The lowest BCUT2D eigenvalue weighted by Crippen LogP contribution is -2.21. The highest BCUT2D eigenvalue weighted by Gasteiger charge is 2.14. The number of rotatable bonds is 8. The van der Waals surface area contributed by atoms with E-state index in [9.17, 15) is 9.59 Å². The minimum Gasteiger partial charge on any atom is -0.495 e. The molecule has 0 saturated heterocycles. The Kier molecular flexibility index (Phi) is 7.29. The van der Waals surface area contributed by atoms with Crippen molar-refractivity contribution in [1.29, 1.82) is 0 Å². The van der Waals surface area contributed by atoms with Crippen LogP contribution in [0.1, 0.15) is 10.4 Å². The first-order chi connectivity index (χ1) is 15.0. The summed E-state index contributed by atoms with van der Waals surface area (Å²) in [6, 6.07) is 14.8. The van der Waals surface area contributed by atoms with Gasteiger partial charge in [0.15, 0.2) is 6.61 Å². The fraction of sp³-hybridized carbons (Fsp3) is 0.136. The fourth-order valence-electron chi connectivity index (χ4n) is 2.64. The lowest BCUT2D eigenvalue weighted by Gasteiger charge is -2.12. The first-order valence-corrected chi connectivity index (χ1v) is 9.54. The Hall–Kier alpha value is -3.78. The number of pyridine rings is 1. The Balaban J connectivity index is 1.62. The van der Waals surface area contributed by atoms with Crippen molar-refractivity contribution in [2.45, 2.75) is 0 Å². The molecule has 8 nitrogen and oxygen atoms in total. The minimum atomic E-state index is -0.407. The minimum absolute atomic E-state index is 0.268. The second-order valence-corrected chi connectivity index (χ2v) is 6.63. The largest absolute Gasteiger partial charge is 0.495 e. The molecule has 1 heterocycles. The highest BCUT2D eigenvalue weighted by atomic mass is 35.5. The van der Waals surface area contributed by atoms with Crippen molar-refractivity contribution in [3.63, 3.8) is 0 Å². The van der Waals surface area contributed by atoms with Gasteiger partial charge in [0, 0.05) is 11.8 Å². The number of nitrogens with one attached hydrogen (secondary N) is 2. The van der Waals surface area contributed by atoms with Gasteiger partial charge in [-0.1, -0.05) is 23.7 Å². The average Bonchev–Trinajstić information content (AvgIpc) is 2.78. The van der Waals surface area contributed by atoms with Crippen LogP contribution in [0.25, 0.3) is 0 Å². The number of halogens is 1. The van der Waals surface area contributed by atoms with Crippen molar-refractivity contribution < 1.29 is 23.8 Å². The zero-order valence-electron chi connectivity index (χ0n) is 16.8. The van der Waals surface area contributed by atoms with Crippen molar-refractivity contribution >= 4 is 34.8 Å². The van der Waals surface area contributed by atoms with Gasteiger partial charge < -0.3 is 24.8 Å². The molecule has 0 radical (unpaired) electrons. The van der Waals surface area contributed by atoms with Crippen LogP contribution < -0.4 is 24.8 Å². The van der Waals surface area contributed by atoms with Crippen LogP contribution in [0.3, 0.4) is 0 Å². The summed E-state index contributed by atoms with van der Waals surface area (Å²) in [5.74, 6) is 0.402. The van der Waals surface area contributed by atoms with E-state index in [4.69, 9.17) is 25.8 Å². The molecule has 9 heteroatoms. The van der Waals surface area contributed by atoms with Crippen LogP contribution in [-0.2, 0) is 4.79 Å². The van der Waals surface area contributed by atoms with E-state index in [0.717, 1.165) is 0 Å². The number of hydrogen-bond acceptors (Lipinski definition) is 6. The van der Waals surface area contributed by atoms with E-state index >= 15 is 0 Å². The monoisotopic (exact) mass is 441 g/mol. The SMILES string of the molecule is COc1ccc(NC(=O)c2ccccc2OCC(=O)Nc2ccc(OC)c(Cl)c2)cn1. The lowest BCUT2D eigenvalue weighted by atomic mass is 10.2. The van der Waals surface area contributed by atoms with E-state index in [-0.39, 0.29) is 17.9 Å². The van der Waals surface area contributed by atoms with Gasteiger partial charge in [0.05, 0.1) is 36.7 Å². The highest BCUT2D eigenvalue weighted by Crippen LogP contribution is 2.27. The molecule has 0 bridgehead atoms. The van der Waals surface area contributed by atoms with Crippen LogP contribution in [0.5, 0.6) is 17.4 Å². The molecule has 0 spiro atoms. The summed E-state index contributed by atoms with van der Waals surface area (Å²) < 4.78 is 15.7. The second kappa shape index (κ2) is 10.3. The number of nitrogens with zero attached hydrogens (tertiary/aromatic N) is 1. The second-order valence-electron chi connectivity index (χ2n) is 6.23. The molecule has 2 N–H and O–H groups in total. The smallest absolute Gasteiger partial charge is 0.262 e. The number of benzene rings is 2. The summed E-state index contributed by atoms with van der Waals surface area (Å²) in [5, 5.41) is 5.78. The fourth-order valence-corrected chi connectivity index (χ4v) is 2.90. The zero-order chi connectivity index (χ0) is 22.2. The summed E-state index contributed by atoms with van der Waals surface area (Å²) in [4.78, 5) is 28.9. The molecule has 3 aromatic rings. The molecule has 0 aliphatic rings. The number of carbonyl (C=O) groups is 2. The molecule has 2 amide bonds. The van der Waals surface area contributed by atoms with Gasteiger partial charge in [-0.2, -0.15) is 0 Å². The maximum Gasteiger partial charge on any atom is 0.262 e. The van der Waals surface area contributed by atoms with Crippen molar-refractivity contribution in [3.8, 4) is 17.4 Å². The van der Waals surface area contributed by atoms with Crippen LogP contribution >= 0.6 is 11.6 Å². The van der Waals surface area contributed by atoms with Gasteiger partial charge in [-0.25, -0.2) is 4.98 Å². The normalized spacial score (nSPS) is 10.2. The Labute approximate surface area is 184 Å². The van der Waals surface area contributed by atoms with E-state index in [1.165, 1.54) is 20.4 Å². The van der Waals surface area contributed by atoms with Gasteiger partial charge in [-0.05, 0) is 36.4 Å². The third kappa shape index (κ3) is 5.86. The van der Waals surface area contributed by atoms with Crippen molar-refractivity contribution in [1.82, 2.24) is 4.98 Å². The topological polar surface area (TPSA) is 98.8 Å². The summed E-state index contributed by atoms with van der Waals surface area (Å²) >= 11 is 6.06. The predicted octanol–water partition coefficient (Wildman–Crippen LogP) is 4.02. The molecule has 0 saturated carbocycles. The van der Waals surface area contributed by atoms with Gasteiger partial charge in [0.2, 0.25) is 5.88 Å². The molecule has 2 aromatic carbocycles. The Morgan fingerprint density at radius 2 is 1.71 bits per heavy atom. The maximum atomic E-state index is 12.6. The lowest BCUT2D eigenvalue weighted by molar-refractivity contribution is -0.118. The third-order valence-corrected chi connectivity index (χ3v) is 4.42. The standard InChI is InChI=1S/C22H20ClN3O5/c1-29-19-9-7-14(11-17(19)23)25-20(27)13-31-18-6-4-3-5-16(18)22(28)26-15-8-10-21(30-2)24-12-15/h3-12H,13H2,1-2H3,(H,25,27)(H,26,28). The molecular formula is C22H20ClN3O5. The zero-order valence-corrected chi connectivity index (χ0v) is 17.6. The van der Waals surface area contributed by atoms with E-state index in [1.54, 1.807) is 54.6 Å². The van der Waals surface area contributed by atoms with Crippen LogP contribution in [0.2, 0.25) is 5.02 Å². The van der Waals surface area contributed by atoms with Crippen LogP contribution in [0, 0.1) is 0 Å². The van der Waals surface area contributed by atoms with Gasteiger partial charge in [0.1, 0.15) is 11.5 Å². The van der Waals surface area contributed by atoms with Crippen molar-refractivity contribution in [2.24, 2.45) is 0 Å². The van der Waals surface area contributed by atoms with Gasteiger partial charge in [-0.15, -0.1) is 0 Å². The molecule has 0 fully saturated rings. The third-order valence-electron chi connectivity index (χ3n) is 4.13. The van der Waals surface area contributed by atoms with Gasteiger partial charge >= 0.3 is 0 Å². The predicted molar refractivity (Wildman–Crippen MR) is 117 cm³/mol. The molecule has 0 aliphatic heterocycles. The molecule has 0 atom stereocenters. The molecule has 0 unspecified atom stereocenters. The Bertz CT molecular complexity index is 1070. The number of anilines is 2. The van der Waals surface area contributed by atoms with Crippen LogP contribution in [0.4, 0.5) is 11.4 Å². The molecule has 31 heavy (non-hydrogen) atoms. The number of methoxy groups -OCH3 is 2. The number of carbonyl (C=O) groups excluding carboxylic acids is 2. The molecule has 1 aromatic heterocycles. The average molecular weight is 442 g/mol. The van der Waals surface area contributed by atoms with Crippen molar-refractivity contribution in [3.05, 3.63) is 71.4 Å². The number of ether oxygens (including phenoxy) is 3. The van der Waals surface area contributed by atoms with Crippen LogP contribution in [-0.4, -0.2) is 37.6 Å². The summed E-state index contributed by atoms with van der Waals surface area (Å²) in [7, 11) is 3.01. The van der Waals surface area contributed by atoms with E-state index in [0.29, 0.717) is 28.0 Å². The van der Waals surface area contributed by atoms with Crippen molar-refractivity contribution in [2.75, 3.05) is 31.5 Å². The number of amides is 2. The van der Waals surface area contributed by atoms with E-state index < -0.39 is 11.8 Å². The van der Waals surface area contributed by atoms with Gasteiger partial charge in [-0.3, -0.25) is 9.59 Å². The quantitative estimate of drug-likeness (QED) is 0.547.